The summed E-state index contributed by atoms with van der Waals surface area (Å²) in [7, 11) is 0. The Morgan fingerprint density at radius 1 is 1.00 bits per heavy atom. The lowest BCUT2D eigenvalue weighted by molar-refractivity contribution is -0.151. The number of hydrazine groups is 1. The number of nitrogens with one attached hydrogen (secondary N) is 1. The summed E-state index contributed by atoms with van der Waals surface area (Å²) in [6.07, 6.45) is -0.725. The largest absolute Gasteiger partial charge is 0.391 e. The molecule has 5 atom stereocenters. The van der Waals surface area contributed by atoms with Gasteiger partial charge >= 0.3 is 6.03 Å². The standard InChI is InChI=1S/C17H30N6O6/c1-9(24)12(18)16(28)21-6-3-5-11(21)15(27)22-7-4-8-23(22)17(29)20-13(10(2)25)14(19)26/h9-13,24-25H,3-8,18H2,1-2H3,(H2,19,26)(H,20,29)/t9-,10-,11+,12+,13+/m1/s1. The summed E-state index contributed by atoms with van der Waals surface area (Å²) in [5.41, 5.74) is 10.9. The molecule has 0 aromatic heterocycles. The Labute approximate surface area is 168 Å². The molecular formula is C17H30N6O6. The van der Waals surface area contributed by atoms with Gasteiger partial charge in [-0.2, -0.15) is 0 Å². The fraction of sp³-hybridized carbons (Fsp3) is 0.765. The summed E-state index contributed by atoms with van der Waals surface area (Å²) >= 11 is 0. The predicted octanol–water partition coefficient (Wildman–Crippen LogP) is -2.92. The highest BCUT2D eigenvalue weighted by molar-refractivity contribution is 5.92. The molecule has 2 heterocycles. The van der Waals surface area contributed by atoms with Crippen LogP contribution in [0.25, 0.3) is 0 Å². The summed E-state index contributed by atoms with van der Waals surface area (Å²) in [6, 6.07) is -3.96. The average Bonchev–Trinajstić information content (AvgIpc) is 3.32. The molecule has 2 saturated heterocycles. The normalized spacial score (nSPS) is 23.5. The molecule has 0 bridgehead atoms. The Morgan fingerprint density at radius 2 is 1.62 bits per heavy atom. The fourth-order valence-electron chi connectivity index (χ4n) is 3.55. The number of rotatable bonds is 6. The molecule has 2 rings (SSSR count). The van der Waals surface area contributed by atoms with Crippen molar-refractivity contribution in [2.45, 2.75) is 63.4 Å². The second-order valence-corrected chi connectivity index (χ2v) is 7.46. The predicted molar refractivity (Wildman–Crippen MR) is 101 cm³/mol. The Morgan fingerprint density at radius 3 is 2.17 bits per heavy atom. The number of aliphatic hydroxyl groups excluding tert-OH is 2. The van der Waals surface area contributed by atoms with E-state index in [0.29, 0.717) is 25.8 Å². The lowest BCUT2D eigenvalue weighted by Crippen LogP contribution is -2.60. The first kappa shape index (κ1) is 22.8. The molecule has 29 heavy (non-hydrogen) atoms. The van der Waals surface area contributed by atoms with Crippen molar-refractivity contribution in [1.29, 1.82) is 0 Å². The average molecular weight is 414 g/mol. The van der Waals surface area contributed by atoms with Crippen LogP contribution in [0.1, 0.15) is 33.1 Å². The van der Waals surface area contributed by atoms with Gasteiger partial charge in [-0.05, 0) is 33.1 Å². The molecule has 7 N–H and O–H groups in total. The smallest absolute Gasteiger partial charge is 0.337 e. The molecule has 0 aromatic carbocycles. The second-order valence-electron chi connectivity index (χ2n) is 7.46. The molecule has 2 fully saturated rings. The van der Waals surface area contributed by atoms with Gasteiger partial charge in [0.15, 0.2) is 0 Å². The molecule has 2 aliphatic heterocycles. The van der Waals surface area contributed by atoms with Crippen LogP contribution in [-0.4, -0.2) is 98.9 Å². The molecule has 5 amide bonds. The van der Waals surface area contributed by atoms with Crippen LogP contribution in [0.5, 0.6) is 0 Å². The van der Waals surface area contributed by atoms with Crippen molar-refractivity contribution < 1.29 is 29.4 Å². The Bertz CT molecular complexity index is 656. The first-order chi connectivity index (χ1) is 13.6. The van der Waals surface area contributed by atoms with Crippen molar-refractivity contribution in [2.75, 3.05) is 19.6 Å². The van der Waals surface area contributed by atoms with Crippen LogP contribution >= 0.6 is 0 Å². The maximum Gasteiger partial charge on any atom is 0.337 e. The van der Waals surface area contributed by atoms with E-state index in [-0.39, 0.29) is 13.1 Å². The SMILES string of the molecule is C[C@@H](O)[C@H](N)C(=O)N1CCC[C@H]1C(=O)N1CCCN1C(=O)N[C@H](C(N)=O)[C@@H](C)O. The van der Waals surface area contributed by atoms with Crippen molar-refractivity contribution >= 4 is 23.8 Å². The number of hydrogen-bond donors (Lipinski definition) is 5. The minimum Gasteiger partial charge on any atom is -0.391 e. The summed E-state index contributed by atoms with van der Waals surface area (Å²) in [4.78, 5) is 51.0. The van der Waals surface area contributed by atoms with Gasteiger partial charge in [0.05, 0.1) is 12.2 Å². The van der Waals surface area contributed by atoms with E-state index >= 15 is 0 Å². The molecule has 12 nitrogen and oxygen atoms in total. The van der Waals surface area contributed by atoms with Crippen molar-refractivity contribution in [3.63, 3.8) is 0 Å². The highest BCUT2D eigenvalue weighted by Crippen LogP contribution is 2.23. The Balaban J connectivity index is 2.11. The van der Waals surface area contributed by atoms with Gasteiger partial charge in [-0.1, -0.05) is 0 Å². The maximum atomic E-state index is 13.1. The van der Waals surface area contributed by atoms with E-state index in [0.717, 1.165) is 5.01 Å². The van der Waals surface area contributed by atoms with Crippen LogP contribution in [-0.2, 0) is 14.4 Å². The number of urea groups is 1. The number of primary amides is 1. The van der Waals surface area contributed by atoms with Gasteiger partial charge in [-0.3, -0.25) is 14.4 Å². The molecule has 164 valence electrons. The summed E-state index contributed by atoms with van der Waals surface area (Å²) in [5.74, 6) is -1.85. The van der Waals surface area contributed by atoms with E-state index in [9.17, 15) is 29.4 Å². The highest BCUT2D eigenvalue weighted by atomic mass is 16.3. The molecule has 0 aromatic rings. The Kier molecular flexibility index (Phi) is 7.38. The number of hydrogen-bond acceptors (Lipinski definition) is 7. The van der Waals surface area contributed by atoms with Gasteiger partial charge in [-0.25, -0.2) is 14.8 Å². The van der Waals surface area contributed by atoms with Crippen molar-refractivity contribution in [3.8, 4) is 0 Å². The van der Waals surface area contributed by atoms with Crippen LogP contribution in [0.3, 0.4) is 0 Å². The van der Waals surface area contributed by atoms with Crippen LogP contribution in [0.4, 0.5) is 4.79 Å². The number of carbonyl (C=O) groups is 4. The van der Waals surface area contributed by atoms with Crippen molar-refractivity contribution in [2.24, 2.45) is 11.5 Å². The van der Waals surface area contributed by atoms with Gasteiger partial charge in [0, 0.05) is 19.6 Å². The maximum absolute atomic E-state index is 13.1. The van der Waals surface area contributed by atoms with E-state index in [2.05, 4.69) is 5.32 Å². The third-order valence-corrected chi connectivity index (χ3v) is 5.21. The lowest BCUT2D eigenvalue weighted by Gasteiger charge is -2.34. The summed E-state index contributed by atoms with van der Waals surface area (Å²) in [5, 5.41) is 23.9. The van der Waals surface area contributed by atoms with Crippen LogP contribution in [0.2, 0.25) is 0 Å². The first-order valence-electron chi connectivity index (χ1n) is 9.67. The number of carbonyl (C=O) groups excluding carboxylic acids is 4. The van der Waals surface area contributed by atoms with Crippen LogP contribution in [0, 0.1) is 0 Å². The van der Waals surface area contributed by atoms with Gasteiger partial charge in [0.2, 0.25) is 11.8 Å². The molecule has 2 aliphatic rings. The first-order valence-corrected chi connectivity index (χ1v) is 9.67. The molecule has 0 saturated carbocycles. The van der Waals surface area contributed by atoms with Gasteiger partial charge in [0.25, 0.3) is 5.91 Å². The minimum atomic E-state index is -1.30. The van der Waals surface area contributed by atoms with Crippen molar-refractivity contribution in [1.82, 2.24) is 20.2 Å². The number of likely N-dealkylation sites (tertiary alicyclic amines) is 1. The van der Waals surface area contributed by atoms with E-state index in [1.54, 1.807) is 0 Å². The molecule has 12 heteroatoms. The molecule has 0 radical (unpaired) electrons. The number of aliphatic hydroxyl groups is 2. The summed E-state index contributed by atoms with van der Waals surface area (Å²) in [6.45, 7) is 3.55. The number of nitrogens with two attached hydrogens (primary N) is 2. The monoisotopic (exact) mass is 414 g/mol. The van der Waals surface area contributed by atoms with Gasteiger partial charge in [-0.15, -0.1) is 0 Å². The molecule has 0 aliphatic carbocycles. The molecule has 0 spiro atoms. The van der Waals surface area contributed by atoms with E-state index < -0.39 is 54.1 Å². The number of nitrogens with zero attached hydrogens (tertiary/aromatic N) is 3. The van der Waals surface area contributed by atoms with Crippen LogP contribution in [0.15, 0.2) is 0 Å². The fourth-order valence-corrected chi connectivity index (χ4v) is 3.55. The Hall–Kier alpha value is -2.44. The zero-order valence-electron chi connectivity index (χ0n) is 16.7. The summed E-state index contributed by atoms with van der Waals surface area (Å²) < 4.78 is 0. The van der Waals surface area contributed by atoms with Crippen LogP contribution < -0.4 is 16.8 Å². The van der Waals surface area contributed by atoms with Gasteiger partial charge in [0.1, 0.15) is 18.1 Å². The third-order valence-electron chi connectivity index (χ3n) is 5.21. The number of amides is 5. The lowest BCUT2D eigenvalue weighted by atomic mass is 10.1. The van der Waals surface area contributed by atoms with E-state index in [1.165, 1.54) is 23.8 Å². The minimum absolute atomic E-state index is 0.233. The molecular weight excluding hydrogens is 384 g/mol. The topological polar surface area (TPSA) is 183 Å². The zero-order valence-corrected chi connectivity index (χ0v) is 16.7. The third kappa shape index (κ3) is 4.95. The highest BCUT2D eigenvalue weighted by Gasteiger charge is 2.42. The van der Waals surface area contributed by atoms with E-state index in [4.69, 9.17) is 11.5 Å². The zero-order chi connectivity index (χ0) is 21.9. The van der Waals surface area contributed by atoms with Crippen molar-refractivity contribution in [3.05, 3.63) is 0 Å². The van der Waals surface area contributed by atoms with Gasteiger partial charge < -0.3 is 31.9 Å². The second kappa shape index (κ2) is 9.37. The van der Waals surface area contributed by atoms with E-state index in [1.807, 2.05) is 0 Å². The quantitative estimate of drug-likeness (QED) is 0.308. The molecule has 0 unspecified atom stereocenters.